The number of aromatic nitrogens is 6. The summed E-state index contributed by atoms with van der Waals surface area (Å²) in [6.45, 7) is 0. The van der Waals surface area contributed by atoms with Crippen LogP contribution in [-0.4, -0.2) is 40.7 Å². The van der Waals surface area contributed by atoms with Gasteiger partial charge in [0.15, 0.2) is 11.1 Å². The standard InChI is InChI=1S/C24H20N8O2/c33-23-19(29-24(34)31-23)10-16-13-26-32-21(28-18-7-8-18)11-20(30-22(16)32)27-17-5-3-14(4-6-17)15-2-1-9-25-12-15/h1-6,9-13,18,27,33H,7-8H2,(H2,29,31,34). The fraction of sp³-hybridized carbons (Fsp3) is 0.125. The number of H-pyrrole nitrogens is 2. The van der Waals surface area contributed by atoms with Crippen molar-refractivity contribution in [2.45, 2.75) is 18.9 Å². The lowest BCUT2D eigenvalue weighted by atomic mass is 10.1. The number of imidazole rings is 1. The van der Waals surface area contributed by atoms with Crippen LogP contribution in [0.2, 0.25) is 0 Å². The molecule has 10 heteroatoms. The number of anilines is 2. The molecule has 0 spiro atoms. The summed E-state index contributed by atoms with van der Waals surface area (Å²) in [6.07, 6.45) is 8.95. The number of hydrogen-bond donors (Lipinski definition) is 4. The molecular formula is C24H20N8O2. The van der Waals surface area contributed by atoms with E-state index in [0.29, 0.717) is 28.2 Å². The van der Waals surface area contributed by atoms with E-state index < -0.39 is 5.69 Å². The van der Waals surface area contributed by atoms with Crippen LogP contribution >= 0.6 is 0 Å². The topological polar surface area (TPSA) is 136 Å². The highest BCUT2D eigenvalue weighted by Crippen LogP contribution is 2.23. The number of pyridine rings is 1. The minimum atomic E-state index is -0.491. The van der Waals surface area contributed by atoms with Crippen LogP contribution in [0.15, 0.2) is 70.8 Å². The Morgan fingerprint density at radius 1 is 1.12 bits per heavy atom. The molecule has 1 fully saturated rings. The van der Waals surface area contributed by atoms with Crippen molar-refractivity contribution in [1.82, 2.24) is 29.5 Å². The molecule has 5 aromatic rings. The highest BCUT2D eigenvalue weighted by atomic mass is 16.3. The molecule has 0 bridgehead atoms. The van der Waals surface area contributed by atoms with Crippen LogP contribution in [-0.2, 0) is 0 Å². The second-order valence-corrected chi connectivity index (χ2v) is 8.12. The minimum absolute atomic E-state index is 0.241. The summed E-state index contributed by atoms with van der Waals surface area (Å²) < 4.78 is 1.67. The molecule has 10 nitrogen and oxygen atoms in total. The number of fused-ring (bicyclic) bond motifs is 1. The normalized spacial score (nSPS) is 14.7. The van der Waals surface area contributed by atoms with E-state index in [1.54, 1.807) is 23.0 Å². The summed E-state index contributed by atoms with van der Waals surface area (Å²) in [5.74, 6) is 0.373. The SMILES string of the molecule is O=c1[nH]c(O)c(C=c2cnn3c(=NC4CC4)cc(Nc4ccc(-c5cccnc5)cc4)nc23)[nH]1. The van der Waals surface area contributed by atoms with Gasteiger partial charge in [-0.3, -0.25) is 15.0 Å². The van der Waals surface area contributed by atoms with Crippen LogP contribution in [0.5, 0.6) is 5.88 Å². The van der Waals surface area contributed by atoms with Gasteiger partial charge in [0, 0.05) is 29.4 Å². The van der Waals surface area contributed by atoms with Gasteiger partial charge in [-0.05, 0) is 48.2 Å². The quantitative estimate of drug-likeness (QED) is 0.321. The average Bonchev–Trinajstić information content (AvgIpc) is 3.48. The number of benzene rings is 1. The lowest BCUT2D eigenvalue weighted by Gasteiger charge is -2.08. The number of hydrogen-bond acceptors (Lipinski definition) is 7. The molecule has 4 N–H and O–H groups in total. The monoisotopic (exact) mass is 452 g/mol. The van der Waals surface area contributed by atoms with E-state index in [2.05, 4.69) is 25.4 Å². The highest BCUT2D eigenvalue weighted by Gasteiger charge is 2.20. The van der Waals surface area contributed by atoms with Crippen LogP contribution in [0.3, 0.4) is 0 Å². The van der Waals surface area contributed by atoms with E-state index in [-0.39, 0.29) is 11.6 Å². The summed E-state index contributed by atoms with van der Waals surface area (Å²) in [4.78, 5) is 30.1. The van der Waals surface area contributed by atoms with E-state index in [1.165, 1.54) is 0 Å². The Labute approximate surface area is 192 Å². The van der Waals surface area contributed by atoms with Crippen LogP contribution in [0.4, 0.5) is 11.5 Å². The smallest absolute Gasteiger partial charge is 0.326 e. The molecule has 1 aromatic carbocycles. The Balaban J connectivity index is 1.41. The van der Waals surface area contributed by atoms with Gasteiger partial charge in [-0.2, -0.15) is 9.61 Å². The molecule has 1 aliphatic carbocycles. The summed E-state index contributed by atoms with van der Waals surface area (Å²) in [5, 5.41) is 18.4. The maximum Gasteiger partial charge on any atom is 0.326 e. The van der Waals surface area contributed by atoms with Crippen molar-refractivity contribution in [3.05, 3.63) is 87.9 Å². The third-order valence-electron chi connectivity index (χ3n) is 5.53. The first kappa shape index (κ1) is 19.9. The molecule has 168 valence electrons. The first-order valence-corrected chi connectivity index (χ1v) is 10.9. The van der Waals surface area contributed by atoms with Crippen molar-refractivity contribution in [1.29, 1.82) is 0 Å². The van der Waals surface area contributed by atoms with Crippen molar-refractivity contribution in [3.63, 3.8) is 0 Å². The maximum absolute atomic E-state index is 11.5. The van der Waals surface area contributed by atoms with Crippen LogP contribution in [0, 0.1) is 0 Å². The summed E-state index contributed by atoms with van der Waals surface area (Å²) in [5.41, 5.74) is 4.00. The number of aromatic hydroxyl groups is 1. The van der Waals surface area contributed by atoms with Gasteiger partial charge in [0.2, 0.25) is 5.88 Å². The molecule has 0 radical (unpaired) electrons. The molecule has 6 rings (SSSR count). The van der Waals surface area contributed by atoms with Gasteiger partial charge >= 0.3 is 5.69 Å². The zero-order valence-corrected chi connectivity index (χ0v) is 17.9. The van der Waals surface area contributed by atoms with Crippen molar-refractivity contribution < 1.29 is 5.11 Å². The third kappa shape index (κ3) is 3.92. The largest absolute Gasteiger partial charge is 0.493 e. The Morgan fingerprint density at radius 2 is 1.97 bits per heavy atom. The highest BCUT2D eigenvalue weighted by molar-refractivity contribution is 5.67. The van der Waals surface area contributed by atoms with Crippen molar-refractivity contribution in [3.8, 4) is 17.0 Å². The minimum Gasteiger partial charge on any atom is -0.493 e. The van der Waals surface area contributed by atoms with Gasteiger partial charge < -0.3 is 15.4 Å². The lowest BCUT2D eigenvalue weighted by Crippen LogP contribution is -2.19. The molecular weight excluding hydrogens is 432 g/mol. The van der Waals surface area contributed by atoms with E-state index in [1.807, 2.05) is 48.7 Å². The molecule has 1 saturated carbocycles. The van der Waals surface area contributed by atoms with Crippen LogP contribution in [0.1, 0.15) is 18.5 Å². The Morgan fingerprint density at radius 3 is 2.68 bits per heavy atom. The predicted octanol–water partition coefficient (Wildman–Crippen LogP) is 1.87. The van der Waals surface area contributed by atoms with Crippen molar-refractivity contribution in [2.75, 3.05) is 5.32 Å². The van der Waals surface area contributed by atoms with Gasteiger partial charge in [-0.15, -0.1) is 0 Å². The molecule has 4 aromatic heterocycles. The first-order valence-electron chi connectivity index (χ1n) is 10.9. The fourth-order valence-electron chi connectivity index (χ4n) is 3.69. The molecule has 1 aliphatic rings. The Bertz CT molecular complexity index is 1660. The second kappa shape index (κ2) is 8.00. The van der Waals surface area contributed by atoms with Gasteiger partial charge in [-0.1, -0.05) is 18.2 Å². The van der Waals surface area contributed by atoms with E-state index in [9.17, 15) is 9.90 Å². The third-order valence-corrected chi connectivity index (χ3v) is 5.53. The Hall–Kier alpha value is -4.73. The van der Waals surface area contributed by atoms with Crippen LogP contribution < -0.4 is 21.7 Å². The summed E-state index contributed by atoms with van der Waals surface area (Å²) >= 11 is 0. The van der Waals surface area contributed by atoms with Crippen molar-refractivity contribution in [2.24, 2.45) is 4.99 Å². The molecule has 0 aliphatic heterocycles. The van der Waals surface area contributed by atoms with E-state index in [4.69, 9.17) is 9.98 Å². The van der Waals surface area contributed by atoms with Crippen molar-refractivity contribution >= 4 is 23.2 Å². The van der Waals surface area contributed by atoms with Gasteiger partial charge in [0.05, 0.1) is 12.2 Å². The first-order chi connectivity index (χ1) is 16.6. The van der Waals surface area contributed by atoms with E-state index in [0.717, 1.165) is 29.7 Å². The number of aromatic amines is 2. The Kier molecular flexibility index (Phi) is 4.69. The molecule has 0 atom stereocenters. The average molecular weight is 452 g/mol. The van der Waals surface area contributed by atoms with Gasteiger partial charge in [-0.25, -0.2) is 9.78 Å². The molecule has 4 heterocycles. The number of nitrogens with zero attached hydrogens (tertiary/aromatic N) is 5. The van der Waals surface area contributed by atoms with Crippen LogP contribution in [0.25, 0.3) is 22.9 Å². The summed E-state index contributed by atoms with van der Waals surface area (Å²) in [6, 6.07) is 14.1. The summed E-state index contributed by atoms with van der Waals surface area (Å²) in [7, 11) is 0. The molecule has 0 saturated heterocycles. The second-order valence-electron chi connectivity index (χ2n) is 8.12. The number of nitrogens with one attached hydrogen (secondary N) is 3. The van der Waals surface area contributed by atoms with Gasteiger partial charge in [0.1, 0.15) is 11.5 Å². The maximum atomic E-state index is 11.5. The zero-order valence-electron chi connectivity index (χ0n) is 17.9. The van der Waals surface area contributed by atoms with Gasteiger partial charge in [0.25, 0.3) is 0 Å². The molecule has 0 unspecified atom stereocenters. The molecule has 34 heavy (non-hydrogen) atoms. The molecule has 0 amide bonds. The predicted molar refractivity (Wildman–Crippen MR) is 126 cm³/mol. The van der Waals surface area contributed by atoms with E-state index >= 15 is 0 Å². The zero-order chi connectivity index (χ0) is 23.1. The lowest BCUT2D eigenvalue weighted by molar-refractivity contribution is 0.454. The number of rotatable bonds is 5. The fourth-order valence-corrected chi connectivity index (χ4v) is 3.69.